The number of nitrogens with zero attached hydrogens (tertiary/aromatic N) is 1. The van der Waals surface area contributed by atoms with Crippen LogP contribution in [0.4, 0.5) is 0 Å². The van der Waals surface area contributed by atoms with Crippen LogP contribution in [0.3, 0.4) is 0 Å². The highest BCUT2D eigenvalue weighted by Gasteiger charge is 2.28. The van der Waals surface area contributed by atoms with Gasteiger partial charge in [0.05, 0.1) is 27.4 Å². The lowest BCUT2D eigenvalue weighted by Crippen LogP contribution is -2.41. The number of ether oxygens (including phenoxy) is 3. The molecule has 5 nitrogen and oxygen atoms in total. The van der Waals surface area contributed by atoms with Gasteiger partial charge in [0.15, 0.2) is 23.0 Å². The largest absolute Gasteiger partial charge is 0.504 e. The molecule has 4 rings (SSSR count). The smallest absolute Gasteiger partial charge is 0.169 e. The van der Waals surface area contributed by atoms with Gasteiger partial charge in [-0.25, -0.2) is 0 Å². The van der Waals surface area contributed by atoms with Crippen molar-refractivity contribution in [1.82, 2.24) is 4.90 Å². The average molecular weight is 339 g/mol. The van der Waals surface area contributed by atoms with Crippen LogP contribution in [0.15, 0.2) is 24.3 Å². The number of methoxy groups -OCH3 is 3. The van der Waals surface area contributed by atoms with Gasteiger partial charge in [-0.2, -0.15) is 0 Å². The summed E-state index contributed by atoms with van der Waals surface area (Å²) in [4.78, 5) is 2.28. The lowest BCUT2D eigenvalue weighted by atomic mass is 9.90. The monoisotopic (exact) mass is 339 g/mol. The molecule has 0 aromatic heterocycles. The minimum atomic E-state index is 0.130. The van der Waals surface area contributed by atoms with Crippen LogP contribution in [0.2, 0.25) is 0 Å². The van der Waals surface area contributed by atoms with Crippen molar-refractivity contribution in [3.05, 3.63) is 45.8 Å². The maximum absolute atomic E-state index is 10.0. The standard InChI is InChI=1S/C20H21NO4/c1-23-18-9-13-6-7-21-11-15-12(4-5-17(22)20(15)25-3)8-16(21)14(13)10-19(18)24-2/h4-5,8-11,16,22H,6-7H2,1-3H3. The molecule has 0 amide bonds. The highest BCUT2D eigenvalue weighted by Crippen LogP contribution is 2.39. The third-order valence-electron chi connectivity index (χ3n) is 5.01. The summed E-state index contributed by atoms with van der Waals surface area (Å²) in [6.45, 7) is 0.891. The zero-order valence-electron chi connectivity index (χ0n) is 14.6. The predicted molar refractivity (Wildman–Crippen MR) is 95.5 cm³/mol. The number of rotatable bonds is 3. The molecular weight excluding hydrogens is 318 g/mol. The highest BCUT2D eigenvalue weighted by molar-refractivity contribution is 5.58. The molecule has 25 heavy (non-hydrogen) atoms. The maximum Gasteiger partial charge on any atom is 0.169 e. The van der Waals surface area contributed by atoms with Gasteiger partial charge < -0.3 is 24.2 Å². The second kappa shape index (κ2) is 5.92. The number of hydrogen-bond donors (Lipinski definition) is 1. The number of fused-ring (bicyclic) bond motifs is 4. The minimum absolute atomic E-state index is 0.130. The Morgan fingerprint density at radius 2 is 1.80 bits per heavy atom. The van der Waals surface area contributed by atoms with E-state index >= 15 is 0 Å². The molecule has 5 heteroatoms. The summed E-state index contributed by atoms with van der Waals surface area (Å²) in [6, 6.07) is 7.88. The van der Waals surface area contributed by atoms with Crippen LogP contribution >= 0.6 is 0 Å². The molecule has 2 aromatic carbocycles. The number of phenols is 1. The zero-order chi connectivity index (χ0) is 17.6. The van der Waals surface area contributed by atoms with E-state index in [1.54, 1.807) is 27.4 Å². The second-order valence-electron chi connectivity index (χ2n) is 6.26. The number of hydrogen-bond acceptors (Lipinski definition) is 5. The predicted octanol–water partition coefficient (Wildman–Crippen LogP) is 1.55. The van der Waals surface area contributed by atoms with Crippen molar-refractivity contribution in [2.24, 2.45) is 0 Å². The molecule has 0 saturated heterocycles. The normalized spacial score (nSPS) is 17.4. The van der Waals surface area contributed by atoms with Crippen molar-refractivity contribution in [1.29, 1.82) is 0 Å². The van der Waals surface area contributed by atoms with E-state index in [1.807, 2.05) is 6.07 Å². The summed E-state index contributed by atoms with van der Waals surface area (Å²) in [5.74, 6) is 2.19. The van der Waals surface area contributed by atoms with Crippen molar-refractivity contribution >= 4 is 12.3 Å². The SMILES string of the molecule is COc1cc2c(cc1OC)C1C=c3ccc(O)c(OC)c3=CN1CC2. The Morgan fingerprint density at radius 3 is 2.52 bits per heavy atom. The van der Waals surface area contributed by atoms with Gasteiger partial charge in [0.2, 0.25) is 0 Å². The van der Waals surface area contributed by atoms with Crippen molar-refractivity contribution in [3.8, 4) is 23.0 Å². The molecule has 0 bridgehead atoms. The van der Waals surface area contributed by atoms with Crippen LogP contribution in [0.25, 0.3) is 12.3 Å². The first-order chi connectivity index (χ1) is 12.2. The maximum atomic E-state index is 10.0. The van der Waals surface area contributed by atoms with E-state index in [1.165, 1.54) is 11.1 Å². The Kier molecular flexibility index (Phi) is 3.71. The Balaban J connectivity index is 1.90. The first-order valence-electron chi connectivity index (χ1n) is 8.26. The molecule has 0 saturated carbocycles. The Labute approximate surface area is 146 Å². The van der Waals surface area contributed by atoms with E-state index in [-0.39, 0.29) is 11.8 Å². The van der Waals surface area contributed by atoms with Gasteiger partial charge in [-0.1, -0.05) is 6.07 Å². The van der Waals surface area contributed by atoms with E-state index in [0.717, 1.165) is 34.9 Å². The lowest BCUT2D eigenvalue weighted by Gasteiger charge is -2.37. The van der Waals surface area contributed by atoms with Crippen LogP contribution in [-0.2, 0) is 6.42 Å². The molecule has 2 aromatic rings. The summed E-state index contributed by atoms with van der Waals surface area (Å²) in [6.07, 6.45) is 5.21. The molecule has 1 unspecified atom stereocenters. The topological polar surface area (TPSA) is 51.2 Å². The first kappa shape index (κ1) is 15.7. The Bertz CT molecular complexity index is 951. The van der Waals surface area contributed by atoms with E-state index in [9.17, 15) is 5.11 Å². The first-order valence-corrected chi connectivity index (χ1v) is 8.26. The van der Waals surface area contributed by atoms with Crippen molar-refractivity contribution < 1.29 is 19.3 Å². The molecule has 1 N–H and O–H groups in total. The van der Waals surface area contributed by atoms with Crippen molar-refractivity contribution in [2.75, 3.05) is 27.9 Å². The van der Waals surface area contributed by atoms with Gasteiger partial charge in [-0.3, -0.25) is 0 Å². The quantitative estimate of drug-likeness (QED) is 0.920. The zero-order valence-corrected chi connectivity index (χ0v) is 14.6. The average Bonchev–Trinajstić information content (AvgIpc) is 2.65. The highest BCUT2D eigenvalue weighted by atomic mass is 16.5. The summed E-state index contributed by atoms with van der Waals surface area (Å²) in [7, 11) is 4.90. The van der Waals surface area contributed by atoms with Gasteiger partial charge >= 0.3 is 0 Å². The number of phenolic OH excluding ortho intramolecular Hbond substituents is 1. The molecule has 2 aliphatic heterocycles. The molecular formula is C20H21NO4. The minimum Gasteiger partial charge on any atom is -0.504 e. The number of benzene rings is 2. The summed E-state index contributed by atoms with van der Waals surface area (Å²) in [5.41, 5.74) is 2.50. The van der Waals surface area contributed by atoms with Crippen molar-refractivity contribution in [3.63, 3.8) is 0 Å². The lowest BCUT2D eigenvalue weighted by molar-refractivity contribution is 0.331. The van der Waals surface area contributed by atoms with Crippen LogP contribution < -0.4 is 24.6 Å². The number of aromatic hydroxyl groups is 1. The van der Waals surface area contributed by atoms with Gasteiger partial charge in [0.25, 0.3) is 0 Å². The Hall–Kier alpha value is -2.82. The van der Waals surface area contributed by atoms with E-state index in [0.29, 0.717) is 5.75 Å². The fourth-order valence-electron chi connectivity index (χ4n) is 3.76. The summed E-state index contributed by atoms with van der Waals surface area (Å²) < 4.78 is 16.3. The van der Waals surface area contributed by atoms with E-state index < -0.39 is 0 Å². The molecule has 0 radical (unpaired) electrons. The fraction of sp³-hybridized carbons (Fsp3) is 0.300. The van der Waals surface area contributed by atoms with Crippen LogP contribution in [0.5, 0.6) is 23.0 Å². The Morgan fingerprint density at radius 1 is 1.04 bits per heavy atom. The molecule has 130 valence electrons. The third kappa shape index (κ3) is 2.38. The van der Waals surface area contributed by atoms with Gasteiger partial charge in [0.1, 0.15) is 0 Å². The molecule has 1 atom stereocenters. The molecule has 2 aliphatic rings. The fourth-order valence-corrected chi connectivity index (χ4v) is 3.76. The van der Waals surface area contributed by atoms with Crippen LogP contribution in [0.1, 0.15) is 17.2 Å². The summed E-state index contributed by atoms with van der Waals surface area (Å²) >= 11 is 0. The third-order valence-corrected chi connectivity index (χ3v) is 5.01. The van der Waals surface area contributed by atoms with Gasteiger partial charge in [-0.15, -0.1) is 0 Å². The van der Waals surface area contributed by atoms with E-state index in [2.05, 4.69) is 29.3 Å². The van der Waals surface area contributed by atoms with Crippen molar-refractivity contribution in [2.45, 2.75) is 12.5 Å². The molecule has 2 heterocycles. The molecule has 0 fully saturated rings. The summed E-state index contributed by atoms with van der Waals surface area (Å²) in [5, 5.41) is 12.0. The van der Waals surface area contributed by atoms with E-state index in [4.69, 9.17) is 14.2 Å². The molecule has 0 aliphatic carbocycles. The van der Waals surface area contributed by atoms with Gasteiger partial charge in [-0.05, 0) is 47.0 Å². The van der Waals surface area contributed by atoms with Gasteiger partial charge in [0, 0.05) is 18.0 Å². The van der Waals surface area contributed by atoms with Crippen LogP contribution in [-0.4, -0.2) is 37.9 Å². The molecule has 0 spiro atoms. The van der Waals surface area contributed by atoms with Crippen LogP contribution in [0, 0.1) is 0 Å². The second-order valence-corrected chi connectivity index (χ2v) is 6.26.